The van der Waals surface area contributed by atoms with Crippen LogP contribution in [0.4, 0.5) is 5.69 Å². The second kappa shape index (κ2) is 5.23. The summed E-state index contributed by atoms with van der Waals surface area (Å²) in [6, 6.07) is 10.7. The van der Waals surface area contributed by atoms with Gasteiger partial charge in [-0.25, -0.2) is 0 Å². The molecule has 0 atom stereocenters. The predicted molar refractivity (Wildman–Crippen MR) is 85.4 cm³/mol. The van der Waals surface area contributed by atoms with Gasteiger partial charge in [0.15, 0.2) is 18.1 Å². The summed E-state index contributed by atoms with van der Waals surface area (Å²) in [7, 11) is 0. The Morgan fingerprint density at radius 3 is 2.72 bits per heavy atom. The molecule has 0 aliphatic carbocycles. The molecule has 0 saturated heterocycles. The number of nitrogens with zero attached hydrogens (tertiary/aromatic N) is 2. The molecule has 1 aromatic heterocycles. The summed E-state index contributed by atoms with van der Waals surface area (Å²) < 4.78 is 21.4. The maximum Gasteiger partial charge on any atom is 0.262 e. The fourth-order valence-electron chi connectivity index (χ4n) is 2.70. The van der Waals surface area contributed by atoms with Gasteiger partial charge in [-0.1, -0.05) is 5.16 Å². The highest BCUT2D eigenvalue weighted by molar-refractivity contribution is 5.95. The van der Waals surface area contributed by atoms with E-state index in [0.717, 1.165) is 5.56 Å². The van der Waals surface area contributed by atoms with Gasteiger partial charge in [-0.05, 0) is 36.4 Å². The van der Waals surface area contributed by atoms with Gasteiger partial charge in [0.2, 0.25) is 12.6 Å². The van der Waals surface area contributed by atoms with Crippen LogP contribution >= 0.6 is 0 Å². The molecule has 0 spiro atoms. The van der Waals surface area contributed by atoms with Crippen LogP contribution in [0.25, 0.3) is 22.8 Å². The Kier molecular flexibility index (Phi) is 2.90. The molecule has 8 heteroatoms. The molecule has 5 rings (SSSR count). The monoisotopic (exact) mass is 337 g/mol. The summed E-state index contributed by atoms with van der Waals surface area (Å²) in [5.74, 6) is 2.54. The molecule has 124 valence electrons. The third-order valence-corrected chi connectivity index (χ3v) is 3.92. The van der Waals surface area contributed by atoms with Crippen molar-refractivity contribution < 1.29 is 23.5 Å². The predicted octanol–water partition coefficient (Wildman–Crippen LogP) is 2.46. The molecule has 8 nitrogen and oxygen atoms in total. The molecule has 2 aliphatic rings. The van der Waals surface area contributed by atoms with Crippen molar-refractivity contribution in [2.45, 2.75) is 0 Å². The lowest BCUT2D eigenvalue weighted by Crippen LogP contribution is -2.25. The van der Waals surface area contributed by atoms with Crippen LogP contribution in [0, 0.1) is 0 Å². The van der Waals surface area contributed by atoms with Crippen molar-refractivity contribution in [3.63, 3.8) is 0 Å². The van der Waals surface area contributed by atoms with Gasteiger partial charge in [-0.3, -0.25) is 4.79 Å². The minimum atomic E-state index is -0.178. The molecular weight excluding hydrogens is 326 g/mol. The quantitative estimate of drug-likeness (QED) is 0.767. The molecule has 1 N–H and O–H groups in total. The highest BCUT2D eigenvalue weighted by Crippen LogP contribution is 2.36. The smallest absolute Gasteiger partial charge is 0.262 e. The fourth-order valence-corrected chi connectivity index (χ4v) is 2.70. The van der Waals surface area contributed by atoms with Gasteiger partial charge in [-0.2, -0.15) is 4.98 Å². The first-order chi connectivity index (χ1) is 12.3. The Balaban J connectivity index is 1.48. The SMILES string of the molecule is O=C1COc2cc(-c3nc(-c4ccc5c(c4)OCO5)no3)ccc2N1. The fraction of sp³-hybridized carbons (Fsp3) is 0.118. The summed E-state index contributed by atoms with van der Waals surface area (Å²) in [4.78, 5) is 15.7. The lowest BCUT2D eigenvalue weighted by Gasteiger charge is -2.17. The number of nitrogens with one attached hydrogen (secondary N) is 1. The second-order valence-corrected chi connectivity index (χ2v) is 5.54. The number of hydrogen-bond acceptors (Lipinski definition) is 7. The van der Waals surface area contributed by atoms with Crippen LogP contribution in [0.3, 0.4) is 0 Å². The van der Waals surface area contributed by atoms with Crippen molar-refractivity contribution >= 4 is 11.6 Å². The van der Waals surface area contributed by atoms with E-state index in [9.17, 15) is 4.79 Å². The molecule has 3 aromatic rings. The van der Waals surface area contributed by atoms with Gasteiger partial charge in [0.25, 0.3) is 11.8 Å². The van der Waals surface area contributed by atoms with Crippen molar-refractivity contribution in [2.24, 2.45) is 0 Å². The summed E-state index contributed by atoms with van der Waals surface area (Å²) in [5, 5.41) is 6.76. The molecule has 25 heavy (non-hydrogen) atoms. The molecule has 1 amide bonds. The number of amides is 1. The van der Waals surface area contributed by atoms with Gasteiger partial charge in [-0.15, -0.1) is 0 Å². The first kappa shape index (κ1) is 13.8. The van der Waals surface area contributed by atoms with Gasteiger partial charge in [0.1, 0.15) is 5.75 Å². The van der Waals surface area contributed by atoms with E-state index in [1.54, 1.807) is 18.2 Å². The molecule has 2 aromatic carbocycles. The minimum Gasteiger partial charge on any atom is -0.482 e. The molecule has 0 fully saturated rings. The average molecular weight is 337 g/mol. The lowest BCUT2D eigenvalue weighted by molar-refractivity contribution is -0.118. The highest BCUT2D eigenvalue weighted by atomic mass is 16.7. The number of aromatic nitrogens is 2. The van der Waals surface area contributed by atoms with Crippen molar-refractivity contribution in [3.8, 4) is 40.1 Å². The van der Waals surface area contributed by atoms with E-state index in [4.69, 9.17) is 18.7 Å². The van der Waals surface area contributed by atoms with Gasteiger partial charge in [0, 0.05) is 11.1 Å². The highest BCUT2D eigenvalue weighted by Gasteiger charge is 2.20. The van der Waals surface area contributed by atoms with Crippen LogP contribution in [-0.4, -0.2) is 29.4 Å². The van der Waals surface area contributed by atoms with Crippen LogP contribution < -0.4 is 19.5 Å². The van der Waals surface area contributed by atoms with Crippen LogP contribution in [0.15, 0.2) is 40.9 Å². The number of benzene rings is 2. The van der Waals surface area contributed by atoms with E-state index in [-0.39, 0.29) is 19.3 Å². The normalized spacial score (nSPS) is 14.6. The van der Waals surface area contributed by atoms with Crippen molar-refractivity contribution in [1.82, 2.24) is 10.1 Å². The Hall–Kier alpha value is -3.55. The number of carbonyl (C=O) groups excluding carboxylic acids is 1. The van der Waals surface area contributed by atoms with E-state index >= 15 is 0 Å². The van der Waals surface area contributed by atoms with Crippen LogP contribution in [-0.2, 0) is 4.79 Å². The van der Waals surface area contributed by atoms with Gasteiger partial charge in [0.05, 0.1) is 5.69 Å². The maximum atomic E-state index is 11.3. The molecular formula is C17H11N3O5. The van der Waals surface area contributed by atoms with Crippen molar-refractivity contribution in [2.75, 3.05) is 18.7 Å². The van der Waals surface area contributed by atoms with Crippen LogP contribution in [0.1, 0.15) is 0 Å². The van der Waals surface area contributed by atoms with Crippen LogP contribution in [0.5, 0.6) is 17.2 Å². The second-order valence-electron chi connectivity index (χ2n) is 5.54. The Labute approximate surface area is 141 Å². The van der Waals surface area contributed by atoms with Gasteiger partial charge >= 0.3 is 0 Å². The maximum absolute atomic E-state index is 11.3. The first-order valence-corrected chi connectivity index (χ1v) is 7.57. The first-order valence-electron chi connectivity index (χ1n) is 7.57. The number of carbonyl (C=O) groups is 1. The summed E-state index contributed by atoms with van der Waals surface area (Å²) in [6.07, 6.45) is 0. The molecule has 3 heterocycles. The number of rotatable bonds is 2. The van der Waals surface area contributed by atoms with E-state index in [0.29, 0.717) is 40.2 Å². The van der Waals surface area contributed by atoms with E-state index in [1.807, 2.05) is 18.2 Å². The summed E-state index contributed by atoms with van der Waals surface area (Å²) in [6.45, 7) is 0.199. The molecule has 0 radical (unpaired) electrons. The zero-order valence-electron chi connectivity index (χ0n) is 12.8. The molecule has 0 saturated carbocycles. The largest absolute Gasteiger partial charge is 0.482 e. The topological polar surface area (TPSA) is 95.7 Å². The number of hydrogen-bond donors (Lipinski definition) is 1. The Morgan fingerprint density at radius 2 is 1.76 bits per heavy atom. The standard InChI is InChI=1S/C17H11N3O5/c21-15-7-22-13-6-10(1-3-11(13)18-15)17-19-16(20-25-17)9-2-4-12-14(5-9)24-8-23-12/h1-6H,7-8H2,(H,18,21). The Bertz CT molecular complexity index is 998. The third-order valence-electron chi connectivity index (χ3n) is 3.92. The average Bonchev–Trinajstić information content (AvgIpc) is 3.30. The van der Waals surface area contributed by atoms with Crippen molar-refractivity contribution in [3.05, 3.63) is 36.4 Å². The number of fused-ring (bicyclic) bond motifs is 2. The zero-order valence-corrected chi connectivity index (χ0v) is 12.8. The molecule has 2 aliphatic heterocycles. The van der Waals surface area contributed by atoms with Gasteiger partial charge < -0.3 is 24.1 Å². The lowest BCUT2D eigenvalue weighted by atomic mass is 10.1. The van der Waals surface area contributed by atoms with Crippen LogP contribution in [0.2, 0.25) is 0 Å². The minimum absolute atomic E-state index is 0.0112. The van der Waals surface area contributed by atoms with E-state index in [2.05, 4.69) is 15.5 Å². The molecule has 0 unspecified atom stereocenters. The van der Waals surface area contributed by atoms with E-state index in [1.165, 1.54) is 0 Å². The zero-order chi connectivity index (χ0) is 16.8. The summed E-state index contributed by atoms with van der Waals surface area (Å²) >= 11 is 0. The van der Waals surface area contributed by atoms with E-state index < -0.39 is 0 Å². The van der Waals surface area contributed by atoms with Crippen molar-refractivity contribution in [1.29, 1.82) is 0 Å². The number of anilines is 1. The Morgan fingerprint density at radius 1 is 0.920 bits per heavy atom. The summed E-state index contributed by atoms with van der Waals surface area (Å²) in [5.41, 5.74) is 2.09. The molecule has 0 bridgehead atoms. The number of ether oxygens (including phenoxy) is 3. The third kappa shape index (κ3) is 2.35.